The molecule has 0 aliphatic carbocycles. The summed E-state index contributed by atoms with van der Waals surface area (Å²) in [5.41, 5.74) is 3.38. The SMILES string of the molecule is COc1ccc(Br)cc1-c1c[nH]c2ccccc12. The molecule has 3 rings (SSSR count). The molecule has 1 aromatic heterocycles. The van der Waals surface area contributed by atoms with E-state index < -0.39 is 0 Å². The van der Waals surface area contributed by atoms with Crippen LogP contribution >= 0.6 is 15.9 Å². The second-order valence-corrected chi connectivity index (χ2v) is 5.01. The molecule has 0 saturated carbocycles. The number of aromatic nitrogens is 1. The number of H-pyrrole nitrogens is 1. The van der Waals surface area contributed by atoms with Crippen molar-refractivity contribution >= 4 is 26.8 Å². The van der Waals surface area contributed by atoms with Crippen molar-refractivity contribution in [1.29, 1.82) is 0 Å². The van der Waals surface area contributed by atoms with E-state index in [1.54, 1.807) is 7.11 Å². The summed E-state index contributed by atoms with van der Waals surface area (Å²) in [6.45, 7) is 0. The van der Waals surface area contributed by atoms with Gasteiger partial charge in [0.2, 0.25) is 0 Å². The van der Waals surface area contributed by atoms with Gasteiger partial charge < -0.3 is 9.72 Å². The van der Waals surface area contributed by atoms with Crippen molar-refractivity contribution in [2.24, 2.45) is 0 Å². The number of rotatable bonds is 2. The molecule has 0 bridgehead atoms. The number of ether oxygens (including phenoxy) is 1. The number of benzene rings is 2. The molecule has 0 atom stereocenters. The van der Waals surface area contributed by atoms with Gasteiger partial charge in [-0.25, -0.2) is 0 Å². The minimum absolute atomic E-state index is 0.878. The summed E-state index contributed by atoms with van der Waals surface area (Å²) in [4.78, 5) is 3.29. The fourth-order valence-electron chi connectivity index (χ4n) is 2.19. The van der Waals surface area contributed by atoms with Gasteiger partial charge in [0.05, 0.1) is 7.11 Å². The fraction of sp³-hybridized carbons (Fsp3) is 0.0667. The van der Waals surface area contributed by atoms with Gasteiger partial charge in [0.25, 0.3) is 0 Å². The Labute approximate surface area is 114 Å². The zero-order valence-electron chi connectivity index (χ0n) is 9.91. The van der Waals surface area contributed by atoms with Gasteiger partial charge in [-0.05, 0) is 24.3 Å². The van der Waals surface area contributed by atoms with Gasteiger partial charge in [-0.2, -0.15) is 0 Å². The first kappa shape index (κ1) is 11.4. The normalized spacial score (nSPS) is 10.8. The lowest BCUT2D eigenvalue weighted by Crippen LogP contribution is -1.87. The molecular formula is C15H12BrNO. The topological polar surface area (TPSA) is 25.0 Å². The molecular weight excluding hydrogens is 290 g/mol. The molecule has 0 amide bonds. The lowest BCUT2D eigenvalue weighted by molar-refractivity contribution is 0.416. The Bertz CT molecular complexity index is 703. The van der Waals surface area contributed by atoms with Crippen LogP contribution in [0.2, 0.25) is 0 Å². The van der Waals surface area contributed by atoms with E-state index in [9.17, 15) is 0 Å². The van der Waals surface area contributed by atoms with Crippen molar-refractivity contribution in [3.05, 3.63) is 53.1 Å². The van der Waals surface area contributed by atoms with Gasteiger partial charge in [-0.1, -0.05) is 34.1 Å². The van der Waals surface area contributed by atoms with Crippen LogP contribution < -0.4 is 4.74 Å². The van der Waals surface area contributed by atoms with Crippen LogP contribution in [0.1, 0.15) is 0 Å². The lowest BCUT2D eigenvalue weighted by atomic mass is 10.0. The van der Waals surface area contributed by atoms with Crippen molar-refractivity contribution < 1.29 is 4.74 Å². The highest BCUT2D eigenvalue weighted by molar-refractivity contribution is 9.10. The van der Waals surface area contributed by atoms with Gasteiger partial charge in [-0.15, -0.1) is 0 Å². The Morgan fingerprint density at radius 1 is 1.06 bits per heavy atom. The van der Waals surface area contributed by atoms with Gasteiger partial charge in [0.1, 0.15) is 5.75 Å². The van der Waals surface area contributed by atoms with Crippen LogP contribution in [-0.4, -0.2) is 12.1 Å². The Morgan fingerprint density at radius 2 is 1.89 bits per heavy atom. The van der Waals surface area contributed by atoms with Crippen molar-refractivity contribution in [3.63, 3.8) is 0 Å². The van der Waals surface area contributed by atoms with E-state index in [2.05, 4.69) is 39.1 Å². The zero-order valence-corrected chi connectivity index (χ0v) is 11.5. The Kier molecular flexibility index (Phi) is 2.84. The summed E-state index contributed by atoms with van der Waals surface area (Å²) in [6.07, 6.45) is 2.02. The molecule has 90 valence electrons. The predicted octanol–water partition coefficient (Wildman–Crippen LogP) is 4.61. The molecule has 0 aliphatic rings. The van der Waals surface area contributed by atoms with Crippen LogP contribution in [0.15, 0.2) is 53.1 Å². The molecule has 1 N–H and O–H groups in total. The minimum Gasteiger partial charge on any atom is -0.496 e. The van der Waals surface area contributed by atoms with E-state index in [1.165, 1.54) is 5.39 Å². The van der Waals surface area contributed by atoms with E-state index in [0.29, 0.717) is 0 Å². The van der Waals surface area contributed by atoms with E-state index in [-0.39, 0.29) is 0 Å². The lowest BCUT2D eigenvalue weighted by Gasteiger charge is -2.08. The van der Waals surface area contributed by atoms with Crippen LogP contribution in [0, 0.1) is 0 Å². The first-order chi connectivity index (χ1) is 8.79. The molecule has 0 radical (unpaired) electrons. The van der Waals surface area contributed by atoms with Crippen LogP contribution in [-0.2, 0) is 0 Å². The van der Waals surface area contributed by atoms with E-state index in [1.807, 2.05) is 30.5 Å². The molecule has 0 spiro atoms. The largest absolute Gasteiger partial charge is 0.496 e. The van der Waals surface area contributed by atoms with Crippen LogP contribution in [0.3, 0.4) is 0 Å². The highest BCUT2D eigenvalue weighted by atomic mass is 79.9. The minimum atomic E-state index is 0.878. The summed E-state index contributed by atoms with van der Waals surface area (Å²) in [5.74, 6) is 0.878. The number of hydrogen-bond donors (Lipinski definition) is 1. The molecule has 0 aliphatic heterocycles. The third-order valence-electron chi connectivity index (χ3n) is 3.04. The highest BCUT2D eigenvalue weighted by Gasteiger charge is 2.10. The maximum atomic E-state index is 5.44. The summed E-state index contributed by atoms with van der Waals surface area (Å²) < 4.78 is 6.48. The molecule has 2 aromatic carbocycles. The van der Waals surface area contributed by atoms with E-state index in [0.717, 1.165) is 26.9 Å². The number of hydrogen-bond acceptors (Lipinski definition) is 1. The Balaban J connectivity index is 2.29. The highest BCUT2D eigenvalue weighted by Crippen LogP contribution is 2.36. The van der Waals surface area contributed by atoms with E-state index >= 15 is 0 Å². The first-order valence-corrected chi connectivity index (χ1v) is 6.49. The number of aromatic amines is 1. The second kappa shape index (κ2) is 4.50. The van der Waals surface area contributed by atoms with Crippen LogP contribution in [0.5, 0.6) is 5.75 Å². The van der Waals surface area contributed by atoms with Crippen molar-refractivity contribution in [3.8, 4) is 16.9 Å². The third kappa shape index (κ3) is 1.81. The first-order valence-electron chi connectivity index (χ1n) is 5.69. The van der Waals surface area contributed by atoms with Gasteiger partial charge in [-0.3, -0.25) is 0 Å². The van der Waals surface area contributed by atoms with Gasteiger partial charge >= 0.3 is 0 Å². The van der Waals surface area contributed by atoms with Crippen molar-refractivity contribution in [2.45, 2.75) is 0 Å². The smallest absolute Gasteiger partial charge is 0.126 e. The Hall–Kier alpha value is -1.74. The molecule has 0 saturated heterocycles. The molecule has 1 heterocycles. The van der Waals surface area contributed by atoms with Gasteiger partial charge in [0.15, 0.2) is 0 Å². The summed E-state index contributed by atoms with van der Waals surface area (Å²) >= 11 is 3.51. The zero-order chi connectivity index (χ0) is 12.5. The number of para-hydroxylation sites is 1. The molecule has 3 aromatic rings. The van der Waals surface area contributed by atoms with Crippen molar-refractivity contribution in [1.82, 2.24) is 4.98 Å². The maximum absolute atomic E-state index is 5.44. The summed E-state index contributed by atoms with van der Waals surface area (Å²) in [7, 11) is 1.70. The number of fused-ring (bicyclic) bond motifs is 1. The second-order valence-electron chi connectivity index (χ2n) is 4.09. The number of nitrogens with one attached hydrogen (secondary N) is 1. The summed E-state index contributed by atoms with van der Waals surface area (Å²) in [6, 6.07) is 14.3. The standard InChI is InChI=1S/C15H12BrNO/c1-18-15-7-6-10(16)8-12(15)13-9-17-14-5-3-2-4-11(13)14/h2-9,17H,1H3. The fourth-order valence-corrected chi connectivity index (χ4v) is 2.55. The third-order valence-corrected chi connectivity index (χ3v) is 3.53. The molecule has 0 fully saturated rings. The molecule has 18 heavy (non-hydrogen) atoms. The predicted molar refractivity (Wildman–Crippen MR) is 78.0 cm³/mol. The molecule has 3 heteroatoms. The number of methoxy groups -OCH3 is 1. The monoisotopic (exact) mass is 301 g/mol. The average molecular weight is 302 g/mol. The van der Waals surface area contributed by atoms with Crippen LogP contribution in [0.4, 0.5) is 0 Å². The van der Waals surface area contributed by atoms with Crippen molar-refractivity contribution in [2.75, 3.05) is 7.11 Å². The van der Waals surface area contributed by atoms with Gasteiger partial charge in [0, 0.05) is 32.7 Å². The van der Waals surface area contributed by atoms with Crippen LogP contribution in [0.25, 0.3) is 22.0 Å². The Morgan fingerprint density at radius 3 is 2.72 bits per heavy atom. The maximum Gasteiger partial charge on any atom is 0.126 e. The van der Waals surface area contributed by atoms with E-state index in [4.69, 9.17) is 4.74 Å². The average Bonchev–Trinajstić information content (AvgIpc) is 2.82. The molecule has 2 nitrogen and oxygen atoms in total. The quantitative estimate of drug-likeness (QED) is 0.735. The number of halogens is 1. The molecule has 0 unspecified atom stereocenters. The summed E-state index contributed by atoms with van der Waals surface area (Å²) in [5, 5.41) is 1.20.